The number of rotatable bonds is 6. The summed E-state index contributed by atoms with van der Waals surface area (Å²) in [5.74, 6) is 5.49. The van der Waals surface area contributed by atoms with Gasteiger partial charge in [-0.05, 0) is 26.5 Å². The van der Waals surface area contributed by atoms with E-state index in [1.807, 2.05) is 0 Å². The molecule has 0 saturated heterocycles. The van der Waals surface area contributed by atoms with E-state index >= 15 is 0 Å². The fraction of sp³-hybridized carbons (Fsp3) is 0.500. The van der Waals surface area contributed by atoms with Gasteiger partial charge in [-0.1, -0.05) is 18.8 Å². The highest BCUT2D eigenvalue weighted by atomic mass is 16.1. The van der Waals surface area contributed by atoms with Crippen LogP contribution in [0.3, 0.4) is 0 Å². The number of hydrogen-bond acceptors (Lipinski definition) is 4. The van der Waals surface area contributed by atoms with Crippen LogP contribution in [0.1, 0.15) is 36.2 Å². The van der Waals surface area contributed by atoms with Gasteiger partial charge in [-0.2, -0.15) is 0 Å². The SMILES string of the molecule is CCC(C)N(C)CCNC(=O)c1cncc(C#CCN)c1. The zero-order valence-corrected chi connectivity index (χ0v) is 13.0. The first-order chi connectivity index (χ1) is 10.1. The molecule has 0 fully saturated rings. The molecule has 21 heavy (non-hydrogen) atoms. The topological polar surface area (TPSA) is 71.2 Å². The van der Waals surface area contributed by atoms with E-state index in [9.17, 15) is 4.79 Å². The highest BCUT2D eigenvalue weighted by Gasteiger charge is 2.09. The lowest BCUT2D eigenvalue weighted by molar-refractivity contribution is 0.0947. The van der Waals surface area contributed by atoms with E-state index in [2.05, 4.69) is 47.9 Å². The van der Waals surface area contributed by atoms with E-state index in [4.69, 9.17) is 5.73 Å². The second kappa shape index (κ2) is 9.11. The van der Waals surface area contributed by atoms with Crippen molar-refractivity contribution in [3.63, 3.8) is 0 Å². The first kappa shape index (κ1) is 17.2. The van der Waals surface area contributed by atoms with Crippen molar-refractivity contribution >= 4 is 5.91 Å². The van der Waals surface area contributed by atoms with Crippen LogP contribution in [0.2, 0.25) is 0 Å². The maximum Gasteiger partial charge on any atom is 0.252 e. The number of amides is 1. The van der Waals surface area contributed by atoms with Crippen molar-refractivity contribution in [2.24, 2.45) is 5.73 Å². The normalized spacial score (nSPS) is 11.7. The molecule has 114 valence electrons. The standard InChI is InChI=1S/C16H24N4O/c1-4-13(2)20(3)9-8-19-16(21)15-10-14(6-5-7-17)11-18-12-15/h10-13H,4,7-9,17H2,1-3H3,(H,19,21). The minimum atomic E-state index is -0.128. The van der Waals surface area contributed by atoms with Gasteiger partial charge in [-0.15, -0.1) is 0 Å². The summed E-state index contributed by atoms with van der Waals surface area (Å²) in [4.78, 5) is 18.3. The molecule has 0 aliphatic rings. The molecule has 0 saturated carbocycles. The van der Waals surface area contributed by atoms with Gasteiger partial charge in [0, 0.05) is 37.1 Å². The summed E-state index contributed by atoms with van der Waals surface area (Å²) in [5.41, 5.74) is 6.54. The molecule has 0 aromatic carbocycles. The lowest BCUT2D eigenvalue weighted by atomic mass is 10.2. The van der Waals surface area contributed by atoms with Crippen molar-refractivity contribution in [3.05, 3.63) is 29.6 Å². The Morgan fingerprint density at radius 2 is 2.29 bits per heavy atom. The van der Waals surface area contributed by atoms with Gasteiger partial charge in [0.1, 0.15) is 0 Å². The second-order valence-electron chi connectivity index (χ2n) is 4.96. The Morgan fingerprint density at radius 1 is 1.52 bits per heavy atom. The predicted octanol–water partition coefficient (Wildman–Crippen LogP) is 0.852. The molecule has 1 aromatic heterocycles. The van der Waals surface area contributed by atoms with E-state index in [1.54, 1.807) is 18.5 Å². The number of nitrogens with one attached hydrogen (secondary N) is 1. The van der Waals surface area contributed by atoms with Crippen LogP contribution in [0, 0.1) is 11.8 Å². The van der Waals surface area contributed by atoms with Gasteiger partial charge in [0.25, 0.3) is 5.91 Å². The molecule has 0 radical (unpaired) electrons. The van der Waals surface area contributed by atoms with Crippen molar-refractivity contribution in [2.45, 2.75) is 26.3 Å². The average Bonchev–Trinajstić information content (AvgIpc) is 2.52. The number of carbonyl (C=O) groups is 1. The number of carbonyl (C=O) groups excluding carboxylic acids is 1. The van der Waals surface area contributed by atoms with Crippen molar-refractivity contribution in [2.75, 3.05) is 26.7 Å². The number of hydrogen-bond donors (Lipinski definition) is 2. The predicted molar refractivity (Wildman–Crippen MR) is 84.9 cm³/mol. The Morgan fingerprint density at radius 3 is 2.95 bits per heavy atom. The van der Waals surface area contributed by atoms with E-state index < -0.39 is 0 Å². The van der Waals surface area contributed by atoms with E-state index in [1.165, 1.54) is 0 Å². The first-order valence-corrected chi connectivity index (χ1v) is 7.20. The summed E-state index contributed by atoms with van der Waals surface area (Å²) < 4.78 is 0. The molecule has 0 spiro atoms. The molecule has 0 aliphatic heterocycles. The Labute approximate surface area is 126 Å². The molecular formula is C16H24N4O. The minimum Gasteiger partial charge on any atom is -0.351 e. The third-order valence-corrected chi connectivity index (χ3v) is 3.43. The summed E-state index contributed by atoms with van der Waals surface area (Å²) in [5, 5.41) is 2.90. The largest absolute Gasteiger partial charge is 0.351 e. The highest BCUT2D eigenvalue weighted by Crippen LogP contribution is 2.02. The third-order valence-electron chi connectivity index (χ3n) is 3.43. The Balaban J connectivity index is 2.52. The minimum absolute atomic E-state index is 0.128. The Kier molecular flexibility index (Phi) is 7.44. The van der Waals surface area contributed by atoms with Crippen LogP contribution in [-0.4, -0.2) is 48.5 Å². The molecule has 5 heteroatoms. The first-order valence-electron chi connectivity index (χ1n) is 7.20. The van der Waals surface area contributed by atoms with Crippen LogP contribution >= 0.6 is 0 Å². The highest BCUT2D eigenvalue weighted by molar-refractivity contribution is 5.94. The fourth-order valence-corrected chi connectivity index (χ4v) is 1.77. The molecule has 1 heterocycles. The van der Waals surface area contributed by atoms with E-state index in [0.717, 1.165) is 13.0 Å². The van der Waals surface area contributed by atoms with Crippen LogP contribution in [0.4, 0.5) is 0 Å². The zero-order chi connectivity index (χ0) is 15.7. The third kappa shape index (κ3) is 5.94. The van der Waals surface area contributed by atoms with Gasteiger partial charge >= 0.3 is 0 Å². The quantitative estimate of drug-likeness (QED) is 0.761. The summed E-state index contributed by atoms with van der Waals surface area (Å²) >= 11 is 0. The fourth-order valence-electron chi connectivity index (χ4n) is 1.77. The van der Waals surface area contributed by atoms with Gasteiger partial charge < -0.3 is 16.0 Å². The molecule has 1 aromatic rings. The van der Waals surface area contributed by atoms with Crippen LogP contribution < -0.4 is 11.1 Å². The summed E-state index contributed by atoms with van der Waals surface area (Å²) in [6.07, 6.45) is 4.26. The maximum atomic E-state index is 12.0. The van der Waals surface area contributed by atoms with Crippen LogP contribution in [0.15, 0.2) is 18.5 Å². The number of likely N-dealkylation sites (N-methyl/N-ethyl adjacent to an activating group) is 1. The van der Waals surface area contributed by atoms with Crippen molar-refractivity contribution in [3.8, 4) is 11.8 Å². The molecule has 0 bridgehead atoms. The number of pyridine rings is 1. The summed E-state index contributed by atoms with van der Waals surface area (Å²) in [6.45, 7) is 6.04. The van der Waals surface area contributed by atoms with Crippen LogP contribution in [-0.2, 0) is 0 Å². The van der Waals surface area contributed by atoms with E-state index in [-0.39, 0.29) is 5.91 Å². The Hall–Kier alpha value is -1.90. The monoisotopic (exact) mass is 288 g/mol. The zero-order valence-electron chi connectivity index (χ0n) is 13.0. The molecule has 5 nitrogen and oxygen atoms in total. The lowest BCUT2D eigenvalue weighted by Gasteiger charge is -2.23. The molecule has 1 atom stereocenters. The number of nitrogens with two attached hydrogens (primary N) is 1. The average molecular weight is 288 g/mol. The molecule has 3 N–H and O–H groups in total. The van der Waals surface area contributed by atoms with Gasteiger partial charge in [0.05, 0.1) is 12.1 Å². The van der Waals surface area contributed by atoms with Crippen LogP contribution in [0.5, 0.6) is 0 Å². The molecular weight excluding hydrogens is 264 g/mol. The molecule has 1 unspecified atom stereocenters. The van der Waals surface area contributed by atoms with Crippen molar-refractivity contribution in [1.29, 1.82) is 0 Å². The Bertz CT molecular complexity index is 518. The summed E-state index contributed by atoms with van der Waals surface area (Å²) in [7, 11) is 2.06. The van der Waals surface area contributed by atoms with Crippen molar-refractivity contribution in [1.82, 2.24) is 15.2 Å². The smallest absolute Gasteiger partial charge is 0.252 e. The van der Waals surface area contributed by atoms with Gasteiger partial charge in [0.15, 0.2) is 0 Å². The van der Waals surface area contributed by atoms with E-state index in [0.29, 0.717) is 30.3 Å². The maximum absolute atomic E-state index is 12.0. The second-order valence-corrected chi connectivity index (χ2v) is 4.96. The summed E-state index contributed by atoms with van der Waals surface area (Å²) in [6, 6.07) is 2.24. The van der Waals surface area contributed by atoms with Gasteiger partial charge in [-0.3, -0.25) is 9.78 Å². The number of nitrogens with zero attached hydrogens (tertiary/aromatic N) is 2. The number of aromatic nitrogens is 1. The van der Waals surface area contributed by atoms with Crippen molar-refractivity contribution < 1.29 is 4.79 Å². The molecule has 1 amide bonds. The van der Waals surface area contributed by atoms with Gasteiger partial charge in [-0.25, -0.2) is 0 Å². The van der Waals surface area contributed by atoms with Crippen LogP contribution in [0.25, 0.3) is 0 Å². The molecule has 0 aliphatic carbocycles. The van der Waals surface area contributed by atoms with Gasteiger partial charge in [0.2, 0.25) is 0 Å². The lowest BCUT2D eigenvalue weighted by Crippen LogP contribution is -2.37. The molecule has 1 rings (SSSR count).